The van der Waals surface area contributed by atoms with E-state index < -0.39 is 0 Å². The van der Waals surface area contributed by atoms with Gasteiger partial charge in [0.15, 0.2) is 0 Å². The second kappa shape index (κ2) is 5.96. The van der Waals surface area contributed by atoms with Crippen molar-refractivity contribution in [2.24, 2.45) is 0 Å². The van der Waals surface area contributed by atoms with Gasteiger partial charge in [0.2, 0.25) is 0 Å². The molecule has 0 saturated heterocycles. The topological polar surface area (TPSA) is 75.0 Å². The number of aryl methyl sites for hydroxylation is 1. The van der Waals surface area contributed by atoms with Crippen LogP contribution in [0.5, 0.6) is 0 Å². The van der Waals surface area contributed by atoms with Gasteiger partial charge in [-0.25, -0.2) is 4.98 Å². The number of nitrogens with one attached hydrogen (secondary N) is 1. The van der Waals surface area contributed by atoms with Crippen LogP contribution in [-0.4, -0.2) is 20.9 Å². The number of carbonyl (C=O) groups excluding carboxylic acids is 1. The Morgan fingerprint density at radius 3 is 3.00 bits per heavy atom. The first-order valence-corrected chi connectivity index (χ1v) is 8.01. The standard InChI is InChI=1S/C18H18N4O2/c1-12-8-14(10-19-9-12)22(11-16-20-5-6-21-16)18(23)15-4-7-24-17(15)13-2-3-13/h4-10,13H,2-3,11H2,1H3,(H,20,21). The Balaban J connectivity index is 1.71. The van der Waals surface area contributed by atoms with Crippen LogP contribution in [0, 0.1) is 6.92 Å². The zero-order valence-corrected chi connectivity index (χ0v) is 13.4. The molecule has 1 fully saturated rings. The Labute approximate surface area is 139 Å². The molecule has 0 spiro atoms. The highest BCUT2D eigenvalue weighted by Gasteiger charge is 2.33. The van der Waals surface area contributed by atoms with Crippen LogP contribution in [0.2, 0.25) is 0 Å². The van der Waals surface area contributed by atoms with Crippen LogP contribution in [0.3, 0.4) is 0 Å². The minimum absolute atomic E-state index is 0.0885. The lowest BCUT2D eigenvalue weighted by Gasteiger charge is -2.22. The number of furan rings is 1. The number of rotatable bonds is 5. The molecule has 24 heavy (non-hydrogen) atoms. The first-order chi connectivity index (χ1) is 11.7. The molecule has 0 atom stereocenters. The predicted octanol–water partition coefficient (Wildman–Crippen LogP) is 3.43. The van der Waals surface area contributed by atoms with Crippen molar-refractivity contribution in [2.75, 3.05) is 4.90 Å². The van der Waals surface area contributed by atoms with Gasteiger partial charge >= 0.3 is 0 Å². The number of anilines is 1. The summed E-state index contributed by atoms with van der Waals surface area (Å²) in [6.07, 6.45) is 10.7. The van der Waals surface area contributed by atoms with E-state index in [1.54, 1.807) is 42.0 Å². The van der Waals surface area contributed by atoms with Crippen LogP contribution in [0.25, 0.3) is 0 Å². The molecule has 3 heterocycles. The van der Waals surface area contributed by atoms with Crippen LogP contribution in [0.1, 0.15) is 46.3 Å². The maximum atomic E-state index is 13.2. The average Bonchev–Trinajstić information content (AvgIpc) is 3.10. The van der Waals surface area contributed by atoms with Gasteiger partial charge in [0.05, 0.1) is 30.3 Å². The maximum Gasteiger partial charge on any atom is 0.262 e. The summed E-state index contributed by atoms with van der Waals surface area (Å²) in [6, 6.07) is 3.71. The summed E-state index contributed by atoms with van der Waals surface area (Å²) in [7, 11) is 0. The Morgan fingerprint density at radius 2 is 2.29 bits per heavy atom. The third kappa shape index (κ3) is 2.82. The lowest BCUT2D eigenvalue weighted by atomic mass is 10.1. The van der Waals surface area contributed by atoms with E-state index in [0.717, 1.165) is 35.7 Å². The molecule has 0 unspecified atom stereocenters. The van der Waals surface area contributed by atoms with E-state index in [9.17, 15) is 4.79 Å². The number of imidazole rings is 1. The number of carbonyl (C=O) groups is 1. The van der Waals surface area contributed by atoms with Crippen molar-refractivity contribution in [3.63, 3.8) is 0 Å². The lowest BCUT2D eigenvalue weighted by Crippen LogP contribution is -2.31. The number of nitrogens with zero attached hydrogens (tertiary/aromatic N) is 3. The number of pyridine rings is 1. The predicted molar refractivity (Wildman–Crippen MR) is 88.8 cm³/mol. The third-order valence-electron chi connectivity index (χ3n) is 4.15. The molecule has 0 radical (unpaired) electrons. The molecule has 6 heteroatoms. The molecular formula is C18H18N4O2. The van der Waals surface area contributed by atoms with Crippen molar-refractivity contribution >= 4 is 11.6 Å². The molecule has 1 N–H and O–H groups in total. The zero-order chi connectivity index (χ0) is 16.5. The van der Waals surface area contributed by atoms with E-state index in [4.69, 9.17) is 4.42 Å². The number of H-pyrrole nitrogens is 1. The maximum absolute atomic E-state index is 13.2. The van der Waals surface area contributed by atoms with Gasteiger partial charge in [0.25, 0.3) is 5.91 Å². The van der Waals surface area contributed by atoms with E-state index in [1.807, 2.05) is 13.0 Å². The number of amides is 1. The normalized spacial score (nSPS) is 13.9. The van der Waals surface area contributed by atoms with Gasteiger partial charge < -0.3 is 9.40 Å². The fraction of sp³-hybridized carbons (Fsp3) is 0.278. The molecule has 1 aliphatic carbocycles. The summed E-state index contributed by atoms with van der Waals surface area (Å²) in [5, 5.41) is 0. The highest BCUT2D eigenvalue weighted by Crippen LogP contribution is 2.42. The van der Waals surface area contributed by atoms with Crippen molar-refractivity contribution in [2.45, 2.75) is 32.2 Å². The molecule has 6 nitrogen and oxygen atoms in total. The Bertz CT molecular complexity index is 850. The quantitative estimate of drug-likeness (QED) is 0.781. The summed E-state index contributed by atoms with van der Waals surface area (Å²) in [5.41, 5.74) is 2.38. The SMILES string of the molecule is Cc1cncc(N(Cc2ncc[nH]2)C(=O)c2ccoc2C2CC2)c1. The van der Waals surface area contributed by atoms with Crippen molar-refractivity contribution in [1.82, 2.24) is 15.0 Å². The van der Waals surface area contributed by atoms with Gasteiger partial charge in [-0.1, -0.05) is 0 Å². The summed E-state index contributed by atoms with van der Waals surface area (Å²) < 4.78 is 5.57. The van der Waals surface area contributed by atoms with Gasteiger partial charge in [-0.2, -0.15) is 0 Å². The Hall–Kier alpha value is -2.89. The molecule has 1 aliphatic rings. The van der Waals surface area contributed by atoms with Crippen molar-refractivity contribution in [3.05, 3.63) is 65.9 Å². The third-order valence-corrected chi connectivity index (χ3v) is 4.15. The first kappa shape index (κ1) is 14.7. The fourth-order valence-corrected chi connectivity index (χ4v) is 2.81. The zero-order valence-electron chi connectivity index (χ0n) is 13.4. The van der Waals surface area contributed by atoms with Crippen LogP contribution in [-0.2, 0) is 6.54 Å². The molecule has 1 saturated carbocycles. The first-order valence-electron chi connectivity index (χ1n) is 8.01. The van der Waals surface area contributed by atoms with Crippen LogP contribution < -0.4 is 4.90 Å². The molecule has 1 amide bonds. The van der Waals surface area contributed by atoms with Gasteiger partial charge in [-0.3, -0.25) is 14.7 Å². The number of aromatic nitrogens is 3. The molecule has 0 aromatic carbocycles. The van der Waals surface area contributed by atoms with E-state index in [-0.39, 0.29) is 5.91 Å². The summed E-state index contributed by atoms with van der Waals surface area (Å²) in [5.74, 6) is 1.81. The van der Waals surface area contributed by atoms with Gasteiger partial charge in [-0.05, 0) is 37.5 Å². The van der Waals surface area contributed by atoms with Gasteiger partial charge in [0.1, 0.15) is 11.6 Å². The van der Waals surface area contributed by atoms with E-state index >= 15 is 0 Å². The van der Waals surface area contributed by atoms with Crippen LogP contribution in [0.4, 0.5) is 5.69 Å². The molecular weight excluding hydrogens is 304 g/mol. The van der Waals surface area contributed by atoms with Crippen molar-refractivity contribution < 1.29 is 9.21 Å². The smallest absolute Gasteiger partial charge is 0.262 e. The van der Waals surface area contributed by atoms with E-state index in [1.165, 1.54) is 0 Å². The van der Waals surface area contributed by atoms with Crippen molar-refractivity contribution in [3.8, 4) is 0 Å². The van der Waals surface area contributed by atoms with Gasteiger partial charge in [-0.15, -0.1) is 0 Å². The summed E-state index contributed by atoms with van der Waals surface area (Å²) >= 11 is 0. The van der Waals surface area contributed by atoms with Crippen LogP contribution >= 0.6 is 0 Å². The monoisotopic (exact) mass is 322 g/mol. The molecule has 3 aromatic heterocycles. The summed E-state index contributed by atoms with van der Waals surface area (Å²) in [6.45, 7) is 2.31. The molecule has 0 aliphatic heterocycles. The minimum atomic E-state index is -0.0885. The number of aromatic amines is 1. The average molecular weight is 322 g/mol. The lowest BCUT2D eigenvalue weighted by molar-refractivity contribution is 0.0982. The molecule has 4 rings (SSSR count). The largest absolute Gasteiger partial charge is 0.468 e. The fourth-order valence-electron chi connectivity index (χ4n) is 2.81. The second-order valence-electron chi connectivity index (χ2n) is 6.12. The Morgan fingerprint density at radius 1 is 1.42 bits per heavy atom. The molecule has 122 valence electrons. The van der Waals surface area contributed by atoms with E-state index in [2.05, 4.69) is 15.0 Å². The highest BCUT2D eigenvalue weighted by molar-refractivity contribution is 6.06. The minimum Gasteiger partial charge on any atom is -0.468 e. The van der Waals surface area contributed by atoms with Crippen LogP contribution in [0.15, 0.2) is 47.6 Å². The summed E-state index contributed by atoms with van der Waals surface area (Å²) in [4.78, 5) is 26.4. The number of hydrogen-bond donors (Lipinski definition) is 1. The van der Waals surface area contributed by atoms with Crippen molar-refractivity contribution in [1.29, 1.82) is 0 Å². The Kier molecular flexibility index (Phi) is 3.65. The highest BCUT2D eigenvalue weighted by atomic mass is 16.3. The van der Waals surface area contributed by atoms with E-state index in [0.29, 0.717) is 18.0 Å². The van der Waals surface area contributed by atoms with Gasteiger partial charge in [0, 0.05) is 24.5 Å². The second-order valence-corrected chi connectivity index (χ2v) is 6.12. The number of hydrogen-bond acceptors (Lipinski definition) is 4. The molecule has 0 bridgehead atoms. The molecule has 3 aromatic rings.